The lowest BCUT2D eigenvalue weighted by molar-refractivity contribution is 0.248. The van der Waals surface area contributed by atoms with Gasteiger partial charge in [-0.2, -0.15) is 0 Å². The third-order valence-corrected chi connectivity index (χ3v) is 3.87. The van der Waals surface area contributed by atoms with E-state index in [4.69, 9.17) is 16.0 Å². The second kappa shape index (κ2) is 10.9. The Balaban J connectivity index is 3.71. The number of hydrogen-bond donors (Lipinski definition) is 4. The minimum Gasteiger partial charge on any atom is -0.409 e. The lowest BCUT2D eigenvalue weighted by atomic mass is 9.86. The van der Waals surface area contributed by atoms with Gasteiger partial charge in [0.1, 0.15) is 5.84 Å². The number of amidine groups is 1. The van der Waals surface area contributed by atoms with Gasteiger partial charge in [-0.25, -0.2) is 0 Å². The topological polar surface area (TPSA) is 90.9 Å². The average molecular weight is 287 g/mol. The third kappa shape index (κ3) is 8.38. The van der Waals surface area contributed by atoms with Gasteiger partial charge in [0, 0.05) is 12.0 Å². The summed E-state index contributed by atoms with van der Waals surface area (Å²) < 4.78 is 0. The molecule has 0 amide bonds. The molecule has 0 saturated heterocycles. The molecule has 0 saturated carbocycles. The predicted octanol–water partition coefficient (Wildman–Crippen LogP) is 2.32. The average Bonchev–Trinajstić information content (AvgIpc) is 2.41. The maximum Gasteiger partial charge on any atom is 0.144 e. The summed E-state index contributed by atoms with van der Waals surface area (Å²) in [6.07, 6.45) is 6.27. The van der Waals surface area contributed by atoms with E-state index in [1.807, 2.05) is 13.8 Å². The molecular formula is C15H33N3O2. The van der Waals surface area contributed by atoms with Crippen molar-refractivity contribution in [2.24, 2.45) is 22.2 Å². The summed E-state index contributed by atoms with van der Waals surface area (Å²) in [4.78, 5) is 0. The van der Waals surface area contributed by atoms with Gasteiger partial charge in [-0.3, -0.25) is 0 Å². The standard InChI is InChI=1S/C15H33N3O2/c1-4-7-13(8-11-19)12-17-10-6-5-9-15(2,3)14(16)18-20/h13,17,19-20H,4-12H2,1-3H3,(H2,16,18). The summed E-state index contributed by atoms with van der Waals surface area (Å²) in [7, 11) is 0. The molecule has 0 heterocycles. The molecular weight excluding hydrogens is 254 g/mol. The van der Waals surface area contributed by atoms with Gasteiger partial charge in [-0.15, -0.1) is 0 Å². The lowest BCUT2D eigenvalue weighted by Gasteiger charge is -2.22. The fraction of sp³-hybridized carbons (Fsp3) is 0.933. The summed E-state index contributed by atoms with van der Waals surface area (Å²) in [5.41, 5.74) is 5.42. The molecule has 1 unspecified atom stereocenters. The first-order valence-electron chi connectivity index (χ1n) is 7.77. The Morgan fingerprint density at radius 2 is 2.00 bits per heavy atom. The van der Waals surface area contributed by atoms with Crippen LogP contribution in [0.3, 0.4) is 0 Å². The molecule has 0 aromatic carbocycles. The minimum atomic E-state index is -0.240. The van der Waals surface area contributed by atoms with Gasteiger partial charge in [0.2, 0.25) is 0 Å². The van der Waals surface area contributed by atoms with Crippen LogP contribution < -0.4 is 11.1 Å². The van der Waals surface area contributed by atoms with Gasteiger partial charge in [0.05, 0.1) is 0 Å². The molecule has 0 bridgehead atoms. The Labute approximate surface area is 123 Å². The van der Waals surface area contributed by atoms with Crippen LogP contribution in [0.1, 0.15) is 59.3 Å². The molecule has 5 heteroatoms. The zero-order valence-electron chi connectivity index (χ0n) is 13.4. The van der Waals surface area contributed by atoms with E-state index >= 15 is 0 Å². The Hall–Kier alpha value is -0.810. The highest BCUT2D eigenvalue weighted by Gasteiger charge is 2.22. The van der Waals surface area contributed by atoms with Crippen LogP contribution in [0.4, 0.5) is 0 Å². The maximum atomic E-state index is 9.00. The van der Waals surface area contributed by atoms with E-state index in [9.17, 15) is 0 Å². The van der Waals surface area contributed by atoms with Crippen molar-refractivity contribution in [1.29, 1.82) is 0 Å². The molecule has 0 rings (SSSR count). The van der Waals surface area contributed by atoms with Crippen molar-refractivity contribution in [3.63, 3.8) is 0 Å². The normalized spacial score (nSPS) is 14.5. The van der Waals surface area contributed by atoms with E-state index in [1.165, 1.54) is 12.8 Å². The van der Waals surface area contributed by atoms with E-state index in [2.05, 4.69) is 17.4 Å². The van der Waals surface area contributed by atoms with Crippen LogP contribution in [0, 0.1) is 11.3 Å². The number of aliphatic hydroxyl groups is 1. The molecule has 0 radical (unpaired) electrons. The number of hydrogen-bond acceptors (Lipinski definition) is 4. The summed E-state index contributed by atoms with van der Waals surface area (Å²) in [5.74, 6) is 0.884. The van der Waals surface area contributed by atoms with Crippen LogP contribution in [0.2, 0.25) is 0 Å². The fourth-order valence-electron chi connectivity index (χ4n) is 2.33. The van der Waals surface area contributed by atoms with Crippen molar-refractivity contribution in [3.8, 4) is 0 Å². The quantitative estimate of drug-likeness (QED) is 0.146. The second-order valence-electron chi connectivity index (χ2n) is 6.20. The van der Waals surface area contributed by atoms with Crippen molar-refractivity contribution in [2.75, 3.05) is 19.7 Å². The highest BCUT2D eigenvalue weighted by Crippen LogP contribution is 2.23. The number of aliphatic hydroxyl groups excluding tert-OH is 1. The molecule has 5 nitrogen and oxygen atoms in total. The van der Waals surface area contributed by atoms with Gasteiger partial charge in [-0.1, -0.05) is 38.8 Å². The summed E-state index contributed by atoms with van der Waals surface area (Å²) in [6, 6.07) is 0. The summed E-state index contributed by atoms with van der Waals surface area (Å²) >= 11 is 0. The summed E-state index contributed by atoms with van der Waals surface area (Å²) in [6.45, 7) is 8.41. The first kappa shape index (κ1) is 19.2. The van der Waals surface area contributed by atoms with E-state index in [0.717, 1.165) is 38.8 Å². The zero-order chi connectivity index (χ0) is 15.4. The first-order valence-corrected chi connectivity index (χ1v) is 7.77. The number of unbranched alkanes of at least 4 members (excludes halogenated alkanes) is 1. The van der Waals surface area contributed by atoms with Gasteiger partial charge in [-0.05, 0) is 44.7 Å². The maximum absolute atomic E-state index is 9.00. The van der Waals surface area contributed by atoms with E-state index in [1.54, 1.807) is 0 Å². The van der Waals surface area contributed by atoms with Crippen LogP contribution >= 0.6 is 0 Å². The molecule has 0 aliphatic heterocycles. The van der Waals surface area contributed by atoms with Gasteiger partial charge in [0.15, 0.2) is 0 Å². The first-order chi connectivity index (χ1) is 9.47. The molecule has 0 spiro atoms. The molecule has 5 N–H and O–H groups in total. The predicted molar refractivity (Wildman–Crippen MR) is 84.0 cm³/mol. The van der Waals surface area contributed by atoms with Crippen molar-refractivity contribution in [1.82, 2.24) is 5.32 Å². The molecule has 20 heavy (non-hydrogen) atoms. The van der Waals surface area contributed by atoms with E-state index in [-0.39, 0.29) is 12.0 Å². The lowest BCUT2D eigenvalue weighted by Crippen LogP contribution is -2.32. The van der Waals surface area contributed by atoms with Crippen molar-refractivity contribution < 1.29 is 10.3 Å². The summed E-state index contributed by atoms with van der Waals surface area (Å²) in [5, 5.41) is 24.3. The third-order valence-electron chi connectivity index (χ3n) is 3.87. The molecule has 1 atom stereocenters. The molecule has 0 aromatic rings. The molecule has 0 aliphatic carbocycles. The van der Waals surface area contributed by atoms with Crippen LogP contribution in [0.25, 0.3) is 0 Å². The Morgan fingerprint density at radius 3 is 2.55 bits per heavy atom. The van der Waals surface area contributed by atoms with Crippen LogP contribution in [-0.4, -0.2) is 35.8 Å². The number of nitrogens with zero attached hydrogens (tertiary/aromatic N) is 1. The minimum absolute atomic E-state index is 0.240. The Bertz CT molecular complexity index is 262. The number of oxime groups is 1. The van der Waals surface area contributed by atoms with Gasteiger partial charge < -0.3 is 21.4 Å². The Kier molecular flexibility index (Phi) is 10.5. The highest BCUT2D eigenvalue weighted by atomic mass is 16.4. The molecule has 0 aliphatic rings. The van der Waals surface area contributed by atoms with Crippen molar-refractivity contribution in [2.45, 2.75) is 59.3 Å². The smallest absolute Gasteiger partial charge is 0.144 e. The van der Waals surface area contributed by atoms with Crippen molar-refractivity contribution in [3.05, 3.63) is 0 Å². The van der Waals surface area contributed by atoms with Crippen molar-refractivity contribution >= 4 is 5.84 Å². The Morgan fingerprint density at radius 1 is 1.30 bits per heavy atom. The van der Waals surface area contributed by atoms with Gasteiger partial charge >= 0.3 is 0 Å². The molecule has 120 valence electrons. The largest absolute Gasteiger partial charge is 0.409 e. The number of nitrogens with one attached hydrogen (secondary N) is 1. The molecule has 0 fully saturated rings. The second-order valence-corrected chi connectivity index (χ2v) is 6.20. The highest BCUT2D eigenvalue weighted by molar-refractivity contribution is 5.85. The van der Waals surface area contributed by atoms with Gasteiger partial charge in [0.25, 0.3) is 0 Å². The SMILES string of the molecule is CCCC(CCO)CNCCCCC(C)(C)C(N)=NO. The zero-order valence-corrected chi connectivity index (χ0v) is 13.4. The van der Waals surface area contributed by atoms with Crippen LogP contribution in [0.15, 0.2) is 5.16 Å². The fourth-order valence-corrected chi connectivity index (χ4v) is 2.33. The monoisotopic (exact) mass is 287 g/mol. The van der Waals surface area contributed by atoms with Crippen LogP contribution in [-0.2, 0) is 0 Å². The number of nitrogens with two attached hydrogens (primary N) is 1. The van der Waals surface area contributed by atoms with Crippen LogP contribution in [0.5, 0.6) is 0 Å². The van der Waals surface area contributed by atoms with E-state index in [0.29, 0.717) is 11.8 Å². The number of rotatable bonds is 12. The molecule has 0 aromatic heterocycles. The van der Waals surface area contributed by atoms with E-state index < -0.39 is 0 Å².